The van der Waals surface area contributed by atoms with Crippen molar-refractivity contribution in [3.63, 3.8) is 0 Å². The van der Waals surface area contributed by atoms with Crippen LogP contribution < -0.4 is 5.73 Å². The van der Waals surface area contributed by atoms with Gasteiger partial charge in [0.05, 0.1) is 0 Å². The van der Waals surface area contributed by atoms with Crippen LogP contribution in [0.2, 0.25) is 0 Å². The zero-order valence-corrected chi connectivity index (χ0v) is 11.3. The first-order chi connectivity index (χ1) is 8.81. The minimum absolute atomic E-state index is 0.245. The summed E-state index contributed by atoms with van der Waals surface area (Å²) in [5, 5.41) is 0. The predicted molar refractivity (Wildman–Crippen MR) is 75.4 cm³/mol. The summed E-state index contributed by atoms with van der Waals surface area (Å²) in [6, 6.07) is 10.4. The van der Waals surface area contributed by atoms with Gasteiger partial charge in [0.25, 0.3) is 0 Å². The first kappa shape index (κ1) is 12.2. The van der Waals surface area contributed by atoms with Crippen LogP contribution in [0.1, 0.15) is 62.2 Å². The van der Waals surface area contributed by atoms with E-state index < -0.39 is 0 Å². The van der Waals surface area contributed by atoms with Crippen LogP contribution in [0.4, 0.5) is 0 Å². The lowest BCUT2D eigenvalue weighted by Crippen LogP contribution is -2.31. The molecule has 0 spiro atoms. The molecule has 1 saturated carbocycles. The highest BCUT2D eigenvalue weighted by atomic mass is 15.2. The second kappa shape index (κ2) is 5.02. The summed E-state index contributed by atoms with van der Waals surface area (Å²) in [6.07, 6.45) is 6.48. The van der Waals surface area contributed by atoms with E-state index in [0.717, 1.165) is 12.5 Å². The summed E-state index contributed by atoms with van der Waals surface area (Å²) >= 11 is 0. The molecular formula is C16H24N2. The summed E-state index contributed by atoms with van der Waals surface area (Å²) in [6.45, 7) is 3.52. The monoisotopic (exact) mass is 244 g/mol. The third-order valence-electron chi connectivity index (χ3n) is 4.42. The van der Waals surface area contributed by atoms with Gasteiger partial charge in [-0.05, 0) is 43.4 Å². The summed E-state index contributed by atoms with van der Waals surface area (Å²) in [5.41, 5.74) is 9.17. The Kier molecular flexibility index (Phi) is 3.40. The molecule has 2 heteroatoms. The number of unbranched alkanes of at least 4 members (excludes halogenated alkanes) is 1. The van der Waals surface area contributed by atoms with Crippen LogP contribution in [0.5, 0.6) is 0 Å². The quantitative estimate of drug-likeness (QED) is 0.860. The Labute approximate surface area is 110 Å². The van der Waals surface area contributed by atoms with Gasteiger partial charge in [-0.3, -0.25) is 4.90 Å². The van der Waals surface area contributed by atoms with Gasteiger partial charge >= 0.3 is 0 Å². The van der Waals surface area contributed by atoms with Crippen molar-refractivity contribution in [2.75, 3.05) is 6.54 Å². The van der Waals surface area contributed by atoms with Crippen molar-refractivity contribution in [3.05, 3.63) is 35.4 Å². The van der Waals surface area contributed by atoms with Crippen LogP contribution in [-0.4, -0.2) is 17.5 Å². The van der Waals surface area contributed by atoms with E-state index in [0.29, 0.717) is 6.04 Å². The molecule has 0 radical (unpaired) electrons. The highest BCUT2D eigenvalue weighted by molar-refractivity contribution is 5.37. The van der Waals surface area contributed by atoms with Crippen LogP contribution in [0.3, 0.4) is 0 Å². The molecule has 0 aromatic heterocycles. The number of benzene rings is 1. The molecule has 3 rings (SSSR count). The van der Waals surface area contributed by atoms with Crippen LogP contribution in [0.15, 0.2) is 24.3 Å². The maximum absolute atomic E-state index is 6.30. The molecule has 1 aromatic carbocycles. The lowest BCUT2D eigenvalue weighted by molar-refractivity contribution is 0.179. The van der Waals surface area contributed by atoms with E-state index in [9.17, 15) is 0 Å². The fourth-order valence-electron chi connectivity index (χ4n) is 3.30. The molecule has 2 atom stereocenters. The standard InChI is InChI=1S/C16H24N2/c1-2-3-10-18(12-8-9-12)16-11-15(17)13-6-4-5-7-14(13)16/h4-7,12,15-16H,2-3,8-11,17H2,1H3. The predicted octanol–water partition coefficient (Wildman–Crippen LogP) is 3.40. The van der Waals surface area contributed by atoms with E-state index >= 15 is 0 Å². The molecule has 2 N–H and O–H groups in total. The topological polar surface area (TPSA) is 29.3 Å². The number of fused-ring (bicyclic) bond motifs is 1. The van der Waals surface area contributed by atoms with Crippen LogP contribution in [-0.2, 0) is 0 Å². The van der Waals surface area contributed by atoms with Gasteiger partial charge in [-0.15, -0.1) is 0 Å². The van der Waals surface area contributed by atoms with Crippen molar-refractivity contribution >= 4 is 0 Å². The van der Waals surface area contributed by atoms with Gasteiger partial charge in [-0.25, -0.2) is 0 Å². The number of nitrogens with zero attached hydrogens (tertiary/aromatic N) is 1. The molecule has 0 amide bonds. The highest BCUT2D eigenvalue weighted by Crippen LogP contribution is 2.45. The van der Waals surface area contributed by atoms with Gasteiger partial charge in [-0.1, -0.05) is 37.6 Å². The van der Waals surface area contributed by atoms with Crippen molar-refractivity contribution in [1.82, 2.24) is 4.90 Å². The molecule has 0 saturated heterocycles. The van der Waals surface area contributed by atoms with Gasteiger partial charge in [0.1, 0.15) is 0 Å². The van der Waals surface area contributed by atoms with E-state index in [1.165, 1.54) is 43.4 Å². The maximum atomic E-state index is 6.30. The summed E-state index contributed by atoms with van der Waals surface area (Å²) in [7, 11) is 0. The molecule has 2 unspecified atom stereocenters. The second-order valence-electron chi connectivity index (χ2n) is 5.81. The molecule has 18 heavy (non-hydrogen) atoms. The van der Waals surface area contributed by atoms with Crippen molar-refractivity contribution < 1.29 is 0 Å². The largest absolute Gasteiger partial charge is 0.324 e. The minimum atomic E-state index is 0.245. The van der Waals surface area contributed by atoms with E-state index in [2.05, 4.69) is 36.1 Å². The molecule has 1 fully saturated rings. The number of nitrogens with two attached hydrogens (primary N) is 1. The average molecular weight is 244 g/mol. The highest BCUT2D eigenvalue weighted by Gasteiger charge is 2.39. The van der Waals surface area contributed by atoms with Gasteiger partial charge in [-0.2, -0.15) is 0 Å². The Morgan fingerprint density at radius 1 is 1.22 bits per heavy atom. The Balaban J connectivity index is 1.83. The van der Waals surface area contributed by atoms with Gasteiger partial charge < -0.3 is 5.73 Å². The van der Waals surface area contributed by atoms with Gasteiger partial charge in [0, 0.05) is 18.1 Å². The zero-order chi connectivity index (χ0) is 12.5. The Bertz CT molecular complexity index is 411. The van der Waals surface area contributed by atoms with Crippen molar-refractivity contribution in [3.8, 4) is 0 Å². The van der Waals surface area contributed by atoms with Gasteiger partial charge in [0.2, 0.25) is 0 Å². The third-order valence-corrected chi connectivity index (χ3v) is 4.42. The molecule has 0 heterocycles. The lowest BCUT2D eigenvalue weighted by Gasteiger charge is -2.29. The first-order valence-electron chi connectivity index (χ1n) is 7.41. The SMILES string of the molecule is CCCCN(C1CC1)C1CC(N)c2ccccc21. The number of hydrogen-bond donors (Lipinski definition) is 1. The minimum Gasteiger partial charge on any atom is -0.324 e. The molecule has 2 nitrogen and oxygen atoms in total. The van der Waals surface area contributed by atoms with Gasteiger partial charge in [0.15, 0.2) is 0 Å². The first-order valence-corrected chi connectivity index (χ1v) is 7.41. The van der Waals surface area contributed by atoms with Crippen molar-refractivity contribution in [2.45, 2.75) is 57.2 Å². The lowest BCUT2D eigenvalue weighted by atomic mass is 10.1. The van der Waals surface area contributed by atoms with Crippen LogP contribution >= 0.6 is 0 Å². The maximum Gasteiger partial charge on any atom is 0.0372 e. The van der Waals surface area contributed by atoms with Crippen LogP contribution in [0.25, 0.3) is 0 Å². The Morgan fingerprint density at radius 2 is 1.94 bits per heavy atom. The molecule has 0 aliphatic heterocycles. The Hall–Kier alpha value is -0.860. The van der Waals surface area contributed by atoms with Crippen molar-refractivity contribution in [2.24, 2.45) is 5.73 Å². The fraction of sp³-hybridized carbons (Fsp3) is 0.625. The van der Waals surface area contributed by atoms with Crippen LogP contribution in [0, 0.1) is 0 Å². The fourth-order valence-corrected chi connectivity index (χ4v) is 3.30. The van der Waals surface area contributed by atoms with E-state index in [1.54, 1.807) is 0 Å². The second-order valence-corrected chi connectivity index (χ2v) is 5.81. The van der Waals surface area contributed by atoms with E-state index in [4.69, 9.17) is 5.73 Å². The molecule has 1 aromatic rings. The van der Waals surface area contributed by atoms with Crippen molar-refractivity contribution in [1.29, 1.82) is 0 Å². The summed E-state index contributed by atoms with van der Waals surface area (Å²) < 4.78 is 0. The summed E-state index contributed by atoms with van der Waals surface area (Å²) in [4.78, 5) is 2.73. The molecule has 2 aliphatic rings. The van der Waals surface area contributed by atoms with E-state index in [1.807, 2.05) is 0 Å². The molecule has 0 bridgehead atoms. The smallest absolute Gasteiger partial charge is 0.0372 e. The molecular weight excluding hydrogens is 220 g/mol. The molecule has 98 valence electrons. The molecule has 2 aliphatic carbocycles. The normalized spacial score (nSPS) is 26.6. The number of rotatable bonds is 5. The third kappa shape index (κ3) is 2.19. The van der Waals surface area contributed by atoms with E-state index in [-0.39, 0.29) is 6.04 Å². The Morgan fingerprint density at radius 3 is 2.61 bits per heavy atom. The summed E-state index contributed by atoms with van der Waals surface area (Å²) in [5.74, 6) is 0. The number of hydrogen-bond acceptors (Lipinski definition) is 2. The zero-order valence-electron chi connectivity index (χ0n) is 11.3. The average Bonchev–Trinajstić information content (AvgIpc) is 3.17.